The van der Waals surface area contributed by atoms with Crippen molar-refractivity contribution in [3.8, 4) is 0 Å². The maximum absolute atomic E-state index is 3.48. The lowest BCUT2D eigenvalue weighted by Crippen LogP contribution is -2.46. The number of anilines is 1. The summed E-state index contributed by atoms with van der Waals surface area (Å²) in [6, 6.07) is 7.55. The third-order valence-corrected chi connectivity index (χ3v) is 4.71. The Morgan fingerprint density at radius 2 is 2.00 bits per heavy atom. The van der Waals surface area contributed by atoms with Gasteiger partial charge in [-0.1, -0.05) is 38.5 Å². The second kappa shape index (κ2) is 6.62. The Morgan fingerprint density at radius 1 is 1.25 bits per heavy atom. The molecule has 0 spiro atoms. The van der Waals surface area contributed by atoms with Crippen molar-refractivity contribution in [1.29, 1.82) is 0 Å². The molecule has 0 aromatic heterocycles. The Kier molecular flexibility index (Phi) is 5.09. The van der Waals surface area contributed by atoms with E-state index in [4.69, 9.17) is 0 Å². The van der Waals surface area contributed by atoms with Gasteiger partial charge in [0.15, 0.2) is 0 Å². The van der Waals surface area contributed by atoms with Crippen LogP contribution < -0.4 is 10.2 Å². The van der Waals surface area contributed by atoms with Gasteiger partial charge < -0.3 is 10.2 Å². The van der Waals surface area contributed by atoms with Crippen LogP contribution in [-0.2, 0) is 6.54 Å². The van der Waals surface area contributed by atoms with E-state index in [0.29, 0.717) is 6.04 Å². The van der Waals surface area contributed by atoms with Crippen molar-refractivity contribution >= 4 is 5.69 Å². The first kappa shape index (κ1) is 15.4. The maximum Gasteiger partial charge on any atom is 0.0414 e. The van der Waals surface area contributed by atoms with Gasteiger partial charge in [0.05, 0.1) is 0 Å². The summed E-state index contributed by atoms with van der Waals surface area (Å²) in [5.41, 5.74) is 4.23. The number of nitrogens with one attached hydrogen (secondary N) is 1. The third kappa shape index (κ3) is 3.35. The fourth-order valence-corrected chi connectivity index (χ4v) is 3.43. The molecule has 1 aliphatic rings. The fraction of sp³-hybridized carbons (Fsp3) is 0.667. The smallest absolute Gasteiger partial charge is 0.0414 e. The van der Waals surface area contributed by atoms with Crippen molar-refractivity contribution in [2.24, 2.45) is 11.8 Å². The number of nitrogens with zero attached hydrogens (tertiary/aromatic N) is 1. The van der Waals surface area contributed by atoms with Gasteiger partial charge in [0, 0.05) is 24.8 Å². The van der Waals surface area contributed by atoms with Gasteiger partial charge in [-0.2, -0.15) is 0 Å². The SMILES string of the molecule is CCNCc1cc(C)ccc1N1CC(C)CC(C)C1C. The molecule has 3 unspecified atom stereocenters. The Bertz CT molecular complexity index is 441. The van der Waals surface area contributed by atoms with Crippen LogP contribution in [0.3, 0.4) is 0 Å². The van der Waals surface area contributed by atoms with E-state index in [2.05, 4.69) is 63.0 Å². The Hall–Kier alpha value is -1.02. The zero-order valence-corrected chi connectivity index (χ0v) is 13.7. The van der Waals surface area contributed by atoms with Gasteiger partial charge in [0.1, 0.15) is 0 Å². The standard InChI is InChI=1S/C18H30N2/c1-6-19-11-17-10-13(2)7-8-18(17)20-12-14(3)9-15(4)16(20)5/h7-8,10,14-16,19H,6,9,11-12H2,1-5H3. The molecule has 2 rings (SSSR count). The molecular weight excluding hydrogens is 244 g/mol. The van der Waals surface area contributed by atoms with Crippen LogP contribution in [0.5, 0.6) is 0 Å². The first-order valence-corrected chi connectivity index (χ1v) is 8.09. The lowest BCUT2D eigenvalue weighted by molar-refractivity contribution is 0.296. The van der Waals surface area contributed by atoms with E-state index in [1.807, 2.05) is 0 Å². The van der Waals surface area contributed by atoms with Crippen molar-refractivity contribution in [3.05, 3.63) is 29.3 Å². The summed E-state index contributed by atoms with van der Waals surface area (Å²) in [5, 5.41) is 3.48. The number of hydrogen-bond acceptors (Lipinski definition) is 2. The molecule has 112 valence electrons. The van der Waals surface area contributed by atoms with Gasteiger partial charge in [0.2, 0.25) is 0 Å². The Morgan fingerprint density at radius 3 is 2.70 bits per heavy atom. The van der Waals surface area contributed by atoms with Crippen molar-refractivity contribution in [2.45, 2.75) is 53.6 Å². The summed E-state index contributed by atoms with van der Waals surface area (Å²) >= 11 is 0. The molecule has 0 saturated carbocycles. The summed E-state index contributed by atoms with van der Waals surface area (Å²) in [6.45, 7) is 14.7. The van der Waals surface area contributed by atoms with E-state index in [-0.39, 0.29) is 0 Å². The zero-order valence-electron chi connectivity index (χ0n) is 13.7. The van der Waals surface area contributed by atoms with Gasteiger partial charge >= 0.3 is 0 Å². The highest BCUT2D eigenvalue weighted by atomic mass is 15.2. The predicted octanol–water partition coefficient (Wildman–Crippen LogP) is 3.98. The van der Waals surface area contributed by atoms with Crippen LogP contribution in [0.1, 0.15) is 45.2 Å². The van der Waals surface area contributed by atoms with Crippen LogP contribution in [0, 0.1) is 18.8 Å². The third-order valence-electron chi connectivity index (χ3n) is 4.71. The quantitative estimate of drug-likeness (QED) is 0.893. The molecule has 0 bridgehead atoms. The number of piperidine rings is 1. The van der Waals surface area contributed by atoms with Crippen molar-refractivity contribution in [3.63, 3.8) is 0 Å². The number of rotatable bonds is 4. The molecule has 1 N–H and O–H groups in total. The second-order valence-electron chi connectivity index (χ2n) is 6.62. The van der Waals surface area contributed by atoms with E-state index in [0.717, 1.165) is 24.9 Å². The molecule has 2 nitrogen and oxygen atoms in total. The van der Waals surface area contributed by atoms with Crippen molar-refractivity contribution in [1.82, 2.24) is 5.32 Å². The molecule has 1 fully saturated rings. The average molecular weight is 274 g/mol. The predicted molar refractivity (Wildman–Crippen MR) is 88.3 cm³/mol. The zero-order chi connectivity index (χ0) is 14.7. The van der Waals surface area contributed by atoms with Gasteiger partial charge in [-0.15, -0.1) is 0 Å². The molecule has 1 aliphatic heterocycles. The molecular formula is C18H30N2. The molecule has 0 amide bonds. The number of hydrogen-bond donors (Lipinski definition) is 1. The van der Waals surface area contributed by atoms with Gasteiger partial charge in [0.25, 0.3) is 0 Å². The average Bonchev–Trinajstić information content (AvgIpc) is 2.41. The molecule has 20 heavy (non-hydrogen) atoms. The highest BCUT2D eigenvalue weighted by Crippen LogP contribution is 2.33. The van der Waals surface area contributed by atoms with Crippen molar-refractivity contribution < 1.29 is 0 Å². The normalized spacial score (nSPS) is 26.9. The minimum absolute atomic E-state index is 0.634. The second-order valence-corrected chi connectivity index (χ2v) is 6.62. The van der Waals surface area contributed by atoms with E-state index in [9.17, 15) is 0 Å². The number of aryl methyl sites for hydroxylation is 1. The maximum atomic E-state index is 3.48. The van der Waals surface area contributed by atoms with Gasteiger partial charge in [-0.25, -0.2) is 0 Å². The molecule has 2 heteroatoms. The lowest BCUT2D eigenvalue weighted by atomic mass is 9.85. The Balaban J connectivity index is 2.30. The fourth-order valence-electron chi connectivity index (χ4n) is 3.43. The minimum Gasteiger partial charge on any atom is -0.368 e. The van der Waals surface area contributed by atoms with E-state index in [1.165, 1.54) is 29.8 Å². The molecule has 0 radical (unpaired) electrons. The molecule has 1 aromatic carbocycles. The van der Waals surface area contributed by atoms with E-state index < -0.39 is 0 Å². The van der Waals surface area contributed by atoms with Gasteiger partial charge in [-0.05, 0) is 50.3 Å². The summed E-state index contributed by atoms with van der Waals surface area (Å²) in [6.07, 6.45) is 1.35. The summed E-state index contributed by atoms with van der Waals surface area (Å²) in [4.78, 5) is 2.63. The monoisotopic (exact) mass is 274 g/mol. The van der Waals surface area contributed by atoms with Crippen LogP contribution in [0.2, 0.25) is 0 Å². The summed E-state index contributed by atoms with van der Waals surface area (Å²) in [7, 11) is 0. The van der Waals surface area contributed by atoms with E-state index in [1.54, 1.807) is 0 Å². The summed E-state index contributed by atoms with van der Waals surface area (Å²) < 4.78 is 0. The molecule has 1 heterocycles. The molecule has 1 saturated heterocycles. The van der Waals surface area contributed by atoms with Crippen molar-refractivity contribution in [2.75, 3.05) is 18.0 Å². The van der Waals surface area contributed by atoms with E-state index >= 15 is 0 Å². The first-order valence-electron chi connectivity index (χ1n) is 8.09. The van der Waals surface area contributed by atoms with Crippen LogP contribution >= 0.6 is 0 Å². The lowest BCUT2D eigenvalue weighted by Gasteiger charge is -2.43. The first-order chi connectivity index (χ1) is 9.52. The summed E-state index contributed by atoms with van der Waals surface area (Å²) in [5.74, 6) is 1.56. The largest absolute Gasteiger partial charge is 0.368 e. The Labute approximate surface area is 124 Å². The minimum atomic E-state index is 0.634. The van der Waals surface area contributed by atoms with Gasteiger partial charge in [-0.3, -0.25) is 0 Å². The van der Waals surface area contributed by atoms with Crippen LogP contribution in [0.4, 0.5) is 5.69 Å². The molecule has 0 aliphatic carbocycles. The topological polar surface area (TPSA) is 15.3 Å². The number of benzene rings is 1. The van der Waals surface area contributed by atoms with Crippen LogP contribution in [0.15, 0.2) is 18.2 Å². The van der Waals surface area contributed by atoms with Crippen LogP contribution in [0.25, 0.3) is 0 Å². The highest BCUT2D eigenvalue weighted by molar-refractivity contribution is 5.56. The molecule has 3 atom stereocenters. The highest BCUT2D eigenvalue weighted by Gasteiger charge is 2.29. The molecule has 1 aromatic rings. The van der Waals surface area contributed by atoms with Crippen LogP contribution in [-0.4, -0.2) is 19.1 Å².